The molecule has 0 radical (unpaired) electrons. The molecule has 1 aliphatic rings. The fraction of sp³-hybridized carbons (Fsp3) is 0.667. The van der Waals surface area contributed by atoms with Gasteiger partial charge < -0.3 is 14.8 Å². The lowest BCUT2D eigenvalue weighted by molar-refractivity contribution is 0.0428. The van der Waals surface area contributed by atoms with Crippen LogP contribution in [-0.4, -0.2) is 24.0 Å². The van der Waals surface area contributed by atoms with Crippen molar-refractivity contribution < 1.29 is 9.52 Å². The Bertz CT molecular complexity index is 321. The summed E-state index contributed by atoms with van der Waals surface area (Å²) in [5, 5.41) is 12.5. The molecule has 0 unspecified atom stereocenters. The van der Waals surface area contributed by atoms with E-state index in [1.807, 2.05) is 12.1 Å². The number of nitrogens with one attached hydrogen (secondary N) is 1. The maximum atomic E-state index is 9.15. The van der Waals surface area contributed by atoms with Crippen molar-refractivity contribution in [2.24, 2.45) is 5.92 Å². The van der Waals surface area contributed by atoms with E-state index in [0.717, 1.165) is 43.2 Å². The second-order valence-electron chi connectivity index (χ2n) is 4.42. The highest BCUT2D eigenvalue weighted by molar-refractivity contribution is 7.97. The van der Waals surface area contributed by atoms with E-state index in [-0.39, 0.29) is 6.10 Å². The summed E-state index contributed by atoms with van der Waals surface area (Å²) in [7, 11) is 0. The highest BCUT2D eigenvalue weighted by Crippen LogP contribution is 2.26. The molecule has 1 fully saturated rings. The number of aliphatic hydroxyl groups excluding tert-OH is 1. The standard InChI is InChI=1S/C12H19NO2S/c1-16-8-12-3-2-11(15-12)7-13-6-9-4-10(14)5-9/h2-3,9-10,13-14H,4-8H2,1H3. The zero-order chi connectivity index (χ0) is 11.4. The average molecular weight is 241 g/mol. The van der Waals surface area contributed by atoms with E-state index in [1.54, 1.807) is 11.8 Å². The van der Waals surface area contributed by atoms with Crippen LogP contribution in [0.3, 0.4) is 0 Å². The third kappa shape index (κ3) is 3.27. The molecule has 1 saturated carbocycles. The Kier molecular flexibility index (Phi) is 4.32. The van der Waals surface area contributed by atoms with Gasteiger partial charge in [-0.2, -0.15) is 11.8 Å². The topological polar surface area (TPSA) is 45.4 Å². The average Bonchev–Trinajstić information content (AvgIpc) is 2.64. The van der Waals surface area contributed by atoms with E-state index in [4.69, 9.17) is 9.52 Å². The summed E-state index contributed by atoms with van der Waals surface area (Å²) < 4.78 is 5.65. The molecule has 0 saturated heterocycles. The molecule has 0 aromatic carbocycles. The lowest BCUT2D eigenvalue weighted by Gasteiger charge is -2.31. The van der Waals surface area contributed by atoms with Crippen molar-refractivity contribution in [3.05, 3.63) is 23.7 Å². The summed E-state index contributed by atoms with van der Waals surface area (Å²) in [5.74, 6) is 3.64. The number of rotatable bonds is 6. The number of furan rings is 1. The molecular weight excluding hydrogens is 222 g/mol. The summed E-state index contributed by atoms with van der Waals surface area (Å²) in [6.45, 7) is 1.77. The summed E-state index contributed by atoms with van der Waals surface area (Å²) in [4.78, 5) is 0. The molecule has 1 aromatic rings. The van der Waals surface area contributed by atoms with Crippen LogP contribution in [0.4, 0.5) is 0 Å². The third-order valence-corrected chi connectivity index (χ3v) is 3.52. The van der Waals surface area contributed by atoms with Gasteiger partial charge in [0.05, 0.1) is 18.4 Å². The molecular formula is C12H19NO2S. The SMILES string of the molecule is CSCc1ccc(CNCC2CC(O)C2)o1. The van der Waals surface area contributed by atoms with Crippen molar-refractivity contribution in [3.8, 4) is 0 Å². The summed E-state index contributed by atoms with van der Waals surface area (Å²) in [6, 6.07) is 4.08. The van der Waals surface area contributed by atoms with E-state index in [9.17, 15) is 0 Å². The predicted molar refractivity (Wildman–Crippen MR) is 66.4 cm³/mol. The van der Waals surface area contributed by atoms with Gasteiger partial charge in [0.25, 0.3) is 0 Å². The Hall–Kier alpha value is -0.450. The molecule has 2 N–H and O–H groups in total. The van der Waals surface area contributed by atoms with Gasteiger partial charge >= 0.3 is 0 Å². The minimum Gasteiger partial charge on any atom is -0.464 e. The third-order valence-electron chi connectivity index (χ3n) is 2.95. The van der Waals surface area contributed by atoms with Crippen LogP contribution >= 0.6 is 11.8 Å². The smallest absolute Gasteiger partial charge is 0.117 e. The van der Waals surface area contributed by atoms with Crippen LogP contribution in [0.25, 0.3) is 0 Å². The van der Waals surface area contributed by atoms with Crippen LogP contribution in [-0.2, 0) is 12.3 Å². The van der Waals surface area contributed by atoms with Gasteiger partial charge in [-0.05, 0) is 43.7 Å². The van der Waals surface area contributed by atoms with Crippen LogP contribution in [0.2, 0.25) is 0 Å². The lowest BCUT2D eigenvalue weighted by Crippen LogP contribution is -2.35. The molecule has 1 heterocycles. The van der Waals surface area contributed by atoms with Gasteiger partial charge in [0.2, 0.25) is 0 Å². The first kappa shape index (κ1) is 12.0. The van der Waals surface area contributed by atoms with E-state index >= 15 is 0 Å². The quantitative estimate of drug-likeness (QED) is 0.799. The van der Waals surface area contributed by atoms with Crippen LogP contribution in [0.5, 0.6) is 0 Å². The van der Waals surface area contributed by atoms with Crippen molar-refractivity contribution in [3.63, 3.8) is 0 Å². The fourth-order valence-electron chi connectivity index (χ4n) is 2.00. The molecule has 90 valence electrons. The number of hydrogen-bond donors (Lipinski definition) is 2. The zero-order valence-corrected chi connectivity index (χ0v) is 10.4. The Morgan fingerprint density at radius 2 is 2.19 bits per heavy atom. The second-order valence-corrected chi connectivity index (χ2v) is 5.29. The van der Waals surface area contributed by atoms with Gasteiger partial charge in [-0.3, -0.25) is 0 Å². The van der Waals surface area contributed by atoms with Crippen molar-refractivity contribution in [1.29, 1.82) is 0 Å². The van der Waals surface area contributed by atoms with Crippen LogP contribution in [0.1, 0.15) is 24.4 Å². The summed E-state index contributed by atoms with van der Waals surface area (Å²) in [5.41, 5.74) is 0. The van der Waals surface area contributed by atoms with E-state index in [0.29, 0.717) is 5.92 Å². The van der Waals surface area contributed by atoms with Crippen LogP contribution in [0, 0.1) is 5.92 Å². The molecule has 4 heteroatoms. The van der Waals surface area contributed by atoms with E-state index in [2.05, 4.69) is 11.6 Å². The first-order chi connectivity index (χ1) is 7.78. The highest BCUT2D eigenvalue weighted by Gasteiger charge is 2.26. The van der Waals surface area contributed by atoms with Gasteiger partial charge in [-0.25, -0.2) is 0 Å². The first-order valence-corrected chi connectivity index (χ1v) is 7.12. The predicted octanol–water partition coefficient (Wildman–Crippen LogP) is 2.00. The molecule has 0 aliphatic heterocycles. The zero-order valence-electron chi connectivity index (χ0n) is 9.61. The van der Waals surface area contributed by atoms with Crippen molar-refractivity contribution in [2.75, 3.05) is 12.8 Å². The van der Waals surface area contributed by atoms with Gasteiger partial charge in [0.15, 0.2) is 0 Å². The molecule has 1 aliphatic carbocycles. The molecule has 1 aromatic heterocycles. The molecule has 0 amide bonds. The molecule has 0 bridgehead atoms. The van der Waals surface area contributed by atoms with Gasteiger partial charge in [0, 0.05) is 0 Å². The van der Waals surface area contributed by atoms with Crippen LogP contribution in [0.15, 0.2) is 16.5 Å². The van der Waals surface area contributed by atoms with Gasteiger partial charge in [-0.1, -0.05) is 0 Å². The van der Waals surface area contributed by atoms with Gasteiger partial charge in [-0.15, -0.1) is 0 Å². The minimum atomic E-state index is -0.0522. The molecule has 0 spiro atoms. The van der Waals surface area contributed by atoms with Crippen molar-refractivity contribution >= 4 is 11.8 Å². The van der Waals surface area contributed by atoms with Crippen LogP contribution < -0.4 is 5.32 Å². The van der Waals surface area contributed by atoms with Crippen molar-refractivity contribution in [1.82, 2.24) is 5.32 Å². The summed E-state index contributed by atoms with van der Waals surface area (Å²) in [6.07, 6.45) is 3.91. The molecule has 3 nitrogen and oxygen atoms in total. The maximum Gasteiger partial charge on any atom is 0.117 e. The van der Waals surface area contributed by atoms with Gasteiger partial charge in [0.1, 0.15) is 11.5 Å². The molecule has 2 rings (SSSR count). The molecule has 16 heavy (non-hydrogen) atoms. The number of aliphatic hydroxyl groups is 1. The maximum absolute atomic E-state index is 9.15. The first-order valence-electron chi connectivity index (χ1n) is 5.73. The summed E-state index contributed by atoms with van der Waals surface area (Å²) >= 11 is 1.77. The minimum absolute atomic E-state index is 0.0522. The number of thioether (sulfide) groups is 1. The Morgan fingerprint density at radius 3 is 2.88 bits per heavy atom. The van der Waals surface area contributed by atoms with Crippen molar-refractivity contribution in [2.45, 2.75) is 31.2 Å². The normalized spacial score (nSPS) is 24.4. The Labute approximate surface area is 101 Å². The van der Waals surface area contributed by atoms with E-state index < -0.39 is 0 Å². The highest BCUT2D eigenvalue weighted by atomic mass is 32.2. The lowest BCUT2D eigenvalue weighted by atomic mass is 9.82. The monoisotopic (exact) mass is 241 g/mol. The van der Waals surface area contributed by atoms with E-state index in [1.165, 1.54) is 0 Å². The second kappa shape index (κ2) is 5.75. The number of hydrogen-bond acceptors (Lipinski definition) is 4. The Balaban J connectivity index is 1.64. The fourth-order valence-corrected chi connectivity index (χ4v) is 2.44. The Morgan fingerprint density at radius 1 is 1.44 bits per heavy atom. The molecule has 0 atom stereocenters. The largest absolute Gasteiger partial charge is 0.464 e.